The van der Waals surface area contributed by atoms with Crippen molar-refractivity contribution in [2.75, 3.05) is 6.54 Å². The second-order valence-electron chi connectivity index (χ2n) is 2.97. The summed E-state index contributed by atoms with van der Waals surface area (Å²) >= 11 is 0. The Kier molecular flexibility index (Phi) is 4.65. The molecule has 0 aliphatic heterocycles. The van der Waals surface area contributed by atoms with Crippen molar-refractivity contribution in [1.29, 1.82) is 0 Å². The summed E-state index contributed by atoms with van der Waals surface area (Å²) in [6, 6.07) is 8.69. The number of nitrogens with two attached hydrogens (primary N) is 1. The van der Waals surface area contributed by atoms with Gasteiger partial charge in [-0.3, -0.25) is 0 Å². The van der Waals surface area contributed by atoms with Crippen molar-refractivity contribution in [2.45, 2.75) is 6.42 Å². The molecular formula is C10H13N3O3. The van der Waals surface area contributed by atoms with Gasteiger partial charge in [0, 0.05) is 13.0 Å². The first-order valence-corrected chi connectivity index (χ1v) is 4.69. The maximum absolute atomic E-state index is 11.2. The van der Waals surface area contributed by atoms with Gasteiger partial charge in [0.15, 0.2) is 0 Å². The van der Waals surface area contributed by atoms with Gasteiger partial charge in [0.05, 0.1) is 0 Å². The van der Waals surface area contributed by atoms with Gasteiger partial charge in [0.25, 0.3) is 0 Å². The van der Waals surface area contributed by atoms with Gasteiger partial charge in [-0.25, -0.2) is 4.79 Å². The van der Waals surface area contributed by atoms with Crippen LogP contribution in [0.25, 0.3) is 0 Å². The molecule has 0 saturated carbocycles. The fourth-order valence-electron chi connectivity index (χ4n) is 0.974. The first kappa shape index (κ1) is 11.8. The van der Waals surface area contributed by atoms with E-state index in [1.807, 2.05) is 6.07 Å². The van der Waals surface area contributed by atoms with Crippen molar-refractivity contribution in [3.8, 4) is 5.75 Å². The van der Waals surface area contributed by atoms with Crippen molar-refractivity contribution in [1.82, 2.24) is 5.32 Å². The monoisotopic (exact) mass is 223 g/mol. The Hall–Kier alpha value is -2.24. The van der Waals surface area contributed by atoms with Crippen LogP contribution in [-0.2, 0) is 0 Å². The molecule has 0 unspecified atom stereocenters. The van der Waals surface area contributed by atoms with Gasteiger partial charge in [0.1, 0.15) is 11.6 Å². The maximum Gasteiger partial charge on any atom is 0.412 e. The van der Waals surface area contributed by atoms with Crippen molar-refractivity contribution in [3.63, 3.8) is 0 Å². The highest BCUT2D eigenvalue weighted by molar-refractivity contribution is 5.80. The van der Waals surface area contributed by atoms with E-state index >= 15 is 0 Å². The lowest BCUT2D eigenvalue weighted by Gasteiger charge is -2.05. The second-order valence-corrected chi connectivity index (χ2v) is 2.97. The van der Waals surface area contributed by atoms with E-state index in [4.69, 9.17) is 15.7 Å². The smallest absolute Gasteiger partial charge is 0.410 e. The van der Waals surface area contributed by atoms with Crippen LogP contribution in [0.2, 0.25) is 0 Å². The van der Waals surface area contributed by atoms with Gasteiger partial charge < -0.3 is 21.0 Å². The number of hydrogen-bond donors (Lipinski definition) is 3. The number of ether oxygens (including phenoxy) is 1. The molecule has 0 bridgehead atoms. The van der Waals surface area contributed by atoms with E-state index in [1.54, 1.807) is 24.3 Å². The second kappa shape index (κ2) is 6.28. The molecule has 0 aliphatic carbocycles. The van der Waals surface area contributed by atoms with Crippen molar-refractivity contribution in [2.24, 2.45) is 10.9 Å². The molecule has 0 atom stereocenters. The number of carbonyl (C=O) groups excluding carboxylic acids is 1. The average molecular weight is 223 g/mol. The van der Waals surface area contributed by atoms with Crippen LogP contribution < -0.4 is 15.8 Å². The first-order valence-electron chi connectivity index (χ1n) is 4.69. The molecule has 0 spiro atoms. The summed E-state index contributed by atoms with van der Waals surface area (Å²) in [4.78, 5) is 11.2. The standard InChI is InChI=1S/C10H13N3O3/c11-9(13-15)6-7-12-10(14)16-8-4-2-1-3-5-8/h1-5,15H,6-7H2,(H2,11,13)(H,12,14). The van der Waals surface area contributed by atoms with Gasteiger partial charge >= 0.3 is 6.09 Å². The third kappa shape index (κ3) is 4.32. The number of nitrogens with one attached hydrogen (secondary N) is 1. The van der Waals surface area contributed by atoms with Crippen LogP contribution in [0.4, 0.5) is 4.79 Å². The Balaban J connectivity index is 2.27. The number of para-hydroxylation sites is 1. The lowest BCUT2D eigenvalue weighted by atomic mass is 10.3. The van der Waals surface area contributed by atoms with Crippen molar-refractivity contribution in [3.05, 3.63) is 30.3 Å². The van der Waals surface area contributed by atoms with Crippen LogP contribution in [-0.4, -0.2) is 23.7 Å². The van der Waals surface area contributed by atoms with Crippen LogP contribution >= 0.6 is 0 Å². The van der Waals surface area contributed by atoms with Gasteiger partial charge in [-0.2, -0.15) is 0 Å². The van der Waals surface area contributed by atoms with E-state index in [1.165, 1.54) is 0 Å². The number of carbonyl (C=O) groups is 1. The van der Waals surface area contributed by atoms with Gasteiger partial charge in [-0.1, -0.05) is 23.4 Å². The molecule has 6 nitrogen and oxygen atoms in total. The molecule has 0 heterocycles. The largest absolute Gasteiger partial charge is 0.412 e. The summed E-state index contributed by atoms with van der Waals surface area (Å²) < 4.78 is 4.94. The molecule has 1 aromatic rings. The molecule has 1 aromatic carbocycles. The molecule has 4 N–H and O–H groups in total. The van der Waals surface area contributed by atoms with E-state index < -0.39 is 6.09 Å². The van der Waals surface area contributed by atoms with Crippen molar-refractivity contribution >= 4 is 11.9 Å². The molecule has 0 aliphatic rings. The number of oxime groups is 1. The number of amides is 1. The van der Waals surface area contributed by atoms with Gasteiger partial charge in [-0.15, -0.1) is 0 Å². The minimum atomic E-state index is -0.572. The van der Waals surface area contributed by atoms with Crippen LogP contribution in [0.1, 0.15) is 6.42 Å². The fourth-order valence-corrected chi connectivity index (χ4v) is 0.974. The topological polar surface area (TPSA) is 96.9 Å². The predicted octanol–water partition coefficient (Wildman–Crippen LogP) is 0.911. The Morgan fingerprint density at radius 2 is 2.12 bits per heavy atom. The molecule has 16 heavy (non-hydrogen) atoms. The number of benzene rings is 1. The molecule has 0 radical (unpaired) electrons. The van der Waals surface area contributed by atoms with E-state index in [9.17, 15) is 4.79 Å². The maximum atomic E-state index is 11.2. The molecule has 6 heteroatoms. The van der Waals surface area contributed by atoms with Crippen LogP contribution in [0.15, 0.2) is 35.5 Å². The lowest BCUT2D eigenvalue weighted by Crippen LogP contribution is -2.30. The van der Waals surface area contributed by atoms with Gasteiger partial charge in [-0.05, 0) is 12.1 Å². The van der Waals surface area contributed by atoms with E-state index in [0.717, 1.165) is 0 Å². The molecule has 0 fully saturated rings. The summed E-state index contributed by atoms with van der Waals surface area (Å²) in [6.07, 6.45) is -0.308. The SMILES string of the molecule is NC(CCNC(=O)Oc1ccccc1)=NO. The highest BCUT2D eigenvalue weighted by Gasteiger charge is 2.03. The minimum Gasteiger partial charge on any atom is -0.410 e. The normalized spacial score (nSPS) is 10.9. The zero-order chi connectivity index (χ0) is 11.8. The Morgan fingerprint density at radius 1 is 1.44 bits per heavy atom. The molecule has 1 rings (SSSR count). The number of nitrogens with zero attached hydrogens (tertiary/aromatic N) is 1. The molecular weight excluding hydrogens is 210 g/mol. The summed E-state index contributed by atoms with van der Waals surface area (Å²) in [5, 5.41) is 13.5. The minimum absolute atomic E-state index is 0.0556. The highest BCUT2D eigenvalue weighted by atomic mass is 16.6. The Morgan fingerprint density at radius 3 is 2.75 bits per heavy atom. The van der Waals surface area contributed by atoms with E-state index in [-0.39, 0.29) is 18.8 Å². The highest BCUT2D eigenvalue weighted by Crippen LogP contribution is 2.07. The summed E-state index contributed by atoms with van der Waals surface area (Å²) in [6.45, 7) is 0.252. The number of rotatable bonds is 4. The third-order valence-corrected chi connectivity index (χ3v) is 1.73. The van der Waals surface area contributed by atoms with Gasteiger partial charge in [0.2, 0.25) is 0 Å². The van der Waals surface area contributed by atoms with Crippen LogP contribution in [0, 0.1) is 0 Å². The average Bonchev–Trinajstić information content (AvgIpc) is 2.30. The number of amidine groups is 1. The quantitative estimate of drug-likeness (QED) is 0.306. The first-order chi connectivity index (χ1) is 7.72. The summed E-state index contributed by atoms with van der Waals surface area (Å²) in [7, 11) is 0. The van der Waals surface area contributed by atoms with Crippen LogP contribution in [0.3, 0.4) is 0 Å². The van der Waals surface area contributed by atoms with Crippen molar-refractivity contribution < 1.29 is 14.7 Å². The zero-order valence-corrected chi connectivity index (χ0v) is 8.59. The van der Waals surface area contributed by atoms with E-state index in [0.29, 0.717) is 5.75 Å². The van der Waals surface area contributed by atoms with E-state index in [2.05, 4.69) is 10.5 Å². The fraction of sp³-hybridized carbons (Fsp3) is 0.200. The zero-order valence-electron chi connectivity index (χ0n) is 8.59. The predicted molar refractivity (Wildman–Crippen MR) is 58.5 cm³/mol. The third-order valence-electron chi connectivity index (χ3n) is 1.73. The molecule has 0 saturated heterocycles. The van der Waals surface area contributed by atoms with Crippen LogP contribution in [0.5, 0.6) is 5.75 Å². The summed E-state index contributed by atoms with van der Waals surface area (Å²) in [5.41, 5.74) is 5.22. The lowest BCUT2D eigenvalue weighted by molar-refractivity contribution is 0.201. The number of hydrogen-bond acceptors (Lipinski definition) is 4. The molecule has 0 aromatic heterocycles. The Bertz CT molecular complexity index is 365. The molecule has 86 valence electrons. The molecule has 1 amide bonds. The Labute approximate surface area is 92.7 Å². The summed E-state index contributed by atoms with van der Waals surface area (Å²) in [5.74, 6) is 0.517.